The van der Waals surface area contributed by atoms with Gasteiger partial charge in [0.1, 0.15) is 6.04 Å². The third kappa shape index (κ3) is 5.35. The van der Waals surface area contributed by atoms with Gasteiger partial charge >= 0.3 is 5.97 Å². The van der Waals surface area contributed by atoms with Crippen LogP contribution in [0.25, 0.3) is 5.69 Å². The molecule has 0 spiro atoms. The predicted octanol–water partition coefficient (Wildman–Crippen LogP) is 3.92. The minimum Gasteiger partial charge on any atom is -0.467 e. The number of hydrogen-bond donors (Lipinski definition) is 1. The average Bonchev–Trinajstić information content (AvgIpc) is 3.21. The maximum atomic E-state index is 13.7. The van der Waals surface area contributed by atoms with Gasteiger partial charge in [-0.15, -0.1) is 0 Å². The molecule has 0 saturated carbocycles. The number of hydrogen-bond acceptors (Lipinski definition) is 6. The van der Waals surface area contributed by atoms with Crippen LogP contribution in [0.4, 0.5) is 5.69 Å². The molecule has 1 aliphatic heterocycles. The van der Waals surface area contributed by atoms with Gasteiger partial charge in [0, 0.05) is 29.9 Å². The molecule has 0 aliphatic carbocycles. The lowest BCUT2D eigenvalue weighted by Gasteiger charge is -2.34. The maximum absolute atomic E-state index is 13.7. The zero-order chi connectivity index (χ0) is 27.6. The van der Waals surface area contributed by atoms with Crippen LogP contribution >= 0.6 is 0 Å². The van der Waals surface area contributed by atoms with E-state index in [9.17, 15) is 22.8 Å². The van der Waals surface area contributed by atoms with Gasteiger partial charge in [0.2, 0.25) is 0 Å². The van der Waals surface area contributed by atoms with E-state index in [1.807, 2.05) is 23.6 Å². The van der Waals surface area contributed by atoms with Crippen molar-refractivity contribution < 1.29 is 27.5 Å². The van der Waals surface area contributed by atoms with Gasteiger partial charge in [-0.2, -0.15) is 0 Å². The first-order chi connectivity index (χ1) is 18.0. The zero-order valence-corrected chi connectivity index (χ0v) is 22.7. The van der Waals surface area contributed by atoms with Crippen LogP contribution < -0.4 is 5.32 Å². The Morgan fingerprint density at radius 3 is 2.32 bits per heavy atom. The van der Waals surface area contributed by atoms with E-state index < -0.39 is 21.8 Å². The summed E-state index contributed by atoms with van der Waals surface area (Å²) in [6.45, 7) is 4.11. The molecule has 2 amide bonds. The fraction of sp³-hybridized carbons (Fsp3) is 0.321. The number of amides is 2. The lowest BCUT2D eigenvalue weighted by Crippen LogP contribution is -2.48. The Morgan fingerprint density at radius 2 is 1.66 bits per heavy atom. The van der Waals surface area contributed by atoms with Gasteiger partial charge in [-0.25, -0.2) is 13.2 Å². The fourth-order valence-electron chi connectivity index (χ4n) is 4.91. The summed E-state index contributed by atoms with van der Waals surface area (Å²) in [6.07, 6.45) is 3.32. The highest BCUT2D eigenvalue weighted by Crippen LogP contribution is 2.28. The minimum atomic E-state index is -3.34. The summed E-state index contributed by atoms with van der Waals surface area (Å²) in [5.74, 6) is -1.05. The number of rotatable bonds is 6. The van der Waals surface area contributed by atoms with Crippen LogP contribution in [-0.4, -0.2) is 61.6 Å². The molecule has 2 aromatic carbocycles. The second kappa shape index (κ2) is 10.8. The van der Waals surface area contributed by atoms with E-state index in [1.165, 1.54) is 31.4 Å². The number of carbonyl (C=O) groups excluding carboxylic acids is 3. The first kappa shape index (κ1) is 27.1. The summed E-state index contributed by atoms with van der Waals surface area (Å²) in [5.41, 5.74) is 3.30. The molecule has 9 nitrogen and oxygen atoms in total. The van der Waals surface area contributed by atoms with Gasteiger partial charge in [-0.3, -0.25) is 9.59 Å². The molecule has 38 heavy (non-hydrogen) atoms. The van der Waals surface area contributed by atoms with Crippen LogP contribution in [0.5, 0.6) is 0 Å². The van der Waals surface area contributed by atoms with Gasteiger partial charge in [-0.05, 0) is 75.6 Å². The number of benzene rings is 2. The molecule has 3 aromatic rings. The first-order valence-corrected chi connectivity index (χ1v) is 14.2. The molecular formula is C28H31N3O6S. The predicted molar refractivity (Wildman–Crippen MR) is 143 cm³/mol. The number of ether oxygens (including phenoxy) is 1. The number of nitrogens with zero attached hydrogens (tertiary/aromatic N) is 2. The molecule has 1 saturated heterocycles. The number of esters is 1. The van der Waals surface area contributed by atoms with Crippen molar-refractivity contribution >= 4 is 33.3 Å². The third-order valence-electron chi connectivity index (χ3n) is 6.83. The molecule has 1 N–H and O–H groups in total. The first-order valence-electron chi connectivity index (χ1n) is 12.3. The monoisotopic (exact) mass is 537 g/mol. The van der Waals surface area contributed by atoms with E-state index in [1.54, 1.807) is 30.0 Å². The molecule has 1 fully saturated rings. The van der Waals surface area contributed by atoms with Crippen molar-refractivity contribution in [3.05, 3.63) is 77.1 Å². The lowest BCUT2D eigenvalue weighted by atomic mass is 10.00. The summed E-state index contributed by atoms with van der Waals surface area (Å²) >= 11 is 0. The van der Waals surface area contributed by atoms with Crippen molar-refractivity contribution in [2.45, 2.75) is 44.0 Å². The highest BCUT2D eigenvalue weighted by atomic mass is 32.2. The number of aryl methyl sites for hydroxylation is 1. The smallest absolute Gasteiger partial charge is 0.328 e. The highest BCUT2D eigenvalue weighted by Gasteiger charge is 2.34. The molecule has 200 valence electrons. The van der Waals surface area contributed by atoms with Gasteiger partial charge in [0.05, 0.1) is 28.8 Å². The molecule has 1 atom stereocenters. The van der Waals surface area contributed by atoms with Crippen LogP contribution in [0.15, 0.2) is 59.5 Å². The minimum absolute atomic E-state index is 0.165. The normalized spacial score (nSPS) is 15.7. The number of sulfone groups is 1. The molecule has 1 aliphatic rings. The summed E-state index contributed by atoms with van der Waals surface area (Å²) in [4.78, 5) is 41.0. The summed E-state index contributed by atoms with van der Waals surface area (Å²) in [7, 11) is -2.02. The Kier molecular flexibility index (Phi) is 7.73. The Bertz CT molecular complexity index is 1490. The fourth-order valence-corrected chi connectivity index (χ4v) is 5.54. The number of para-hydroxylation sites is 1. The van der Waals surface area contributed by atoms with Crippen LogP contribution in [0.2, 0.25) is 0 Å². The van der Waals surface area contributed by atoms with E-state index in [0.29, 0.717) is 41.2 Å². The van der Waals surface area contributed by atoms with Crippen molar-refractivity contribution in [3.8, 4) is 5.69 Å². The van der Waals surface area contributed by atoms with Crippen molar-refractivity contribution in [2.75, 3.05) is 25.2 Å². The molecular weight excluding hydrogens is 506 g/mol. The number of nitrogens with one attached hydrogen (secondary N) is 1. The molecule has 1 aromatic heterocycles. The van der Waals surface area contributed by atoms with Crippen molar-refractivity contribution in [3.63, 3.8) is 0 Å². The second-order valence-electron chi connectivity index (χ2n) is 9.42. The number of aromatic nitrogens is 1. The van der Waals surface area contributed by atoms with Crippen LogP contribution in [0, 0.1) is 13.8 Å². The van der Waals surface area contributed by atoms with Crippen LogP contribution in [0.1, 0.15) is 51.4 Å². The van der Waals surface area contributed by atoms with E-state index >= 15 is 0 Å². The number of carbonyl (C=O) groups is 3. The number of anilines is 1. The quantitative estimate of drug-likeness (QED) is 0.477. The lowest BCUT2D eigenvalue weighted by molar-refractivity contribution is -0.147. The Balaban J connectivity index is 1.65. The van der Waals surface area contributed by atoms with Gasteiger partial charge < -0.3 is 19.5 Å². The number of piperidine rings is 1. The summed E-state index contributed by atoms with van der Waals surface area (Å²) < 4.78 is 30.2. The van der Waals surface area contributed by atoms with Crippen molar-refractivity contribution in [1.82, 2.24) is 9.47 Å². The van der Waals surface area contributed by atoms with E-state index in [4.69, 9.17) is 4.74 Å². The van der Waals surface area contributed by atoms with Crippen LogP contribution in [0.3, 0.4) is 0 Å². The Labute approximate surface area is 222 Å². The summed E-state index contributed by atoms with van der Waals surface area (Å²) in [6, 6.07) is 14.2. The van der Waals surface area contributed by atoms with E-state index in [-0.39, 0.29) is 16.7 Å². The van der Waals surface area contributed by atoms with E-state index in [0.717, 1.165) is 24.8 Å². The van der Waals surface area contributed by atoms with Gasteiger partial charge in [0.15, 0.2) is 9.84 Å². The van der Waals surface area contributed by atoms with Crippen molar-refractivity contribution in [2.24, 2.45) is 0 Å². The highest BCUT2D eigenvalue weighted by molar-refractivity contribution is 7.90. The standard InChI is InChI=1S/C28H31N3O6S/c1-18-17-23(26(32)29-20-12-14-21(15-13-20)38(4,35)36)19(2)31(18)24-10-6-5-9-22(24)27(33)30-16-8-7-11-25(30)28(34)37-3/h5-6,9-10,12-15,17,25H,7-8,11,16H2,1-4H3,(H,29,32). The molecule has 2 heterocycles. The SMILES string of the molecule is COC(=O)C1CCCCN1C(=O)c1ccccc1-n1c(C)cc(C(=O)Nc2ccc(S(C)(=O)=O)cc2)c1C. The molecule has 0 bridgehead atoms. The molecule has 4 rings (SSSR count). The summed E-state index contributed by atoms with van der Waals surface area (Å²) in [5, 5.41) is 2.81. The molecule has 10 heteroatoms. The Hall–Kier alpha value is -3.92. The van der Waals surface area contributed by atoms with Gasteiger partial charge in [-0.1, -0.05) is 12.1 Å². The Morgan fingerprint density at radius 1 is 0.974 bits per heavy atom. The maximum Gasteiger partial charge on any atom is 0.328 e. The van der Waals surface area contributed by atoms with Gasteiger partial charge in [0.25, 0.3) is 11.8 Å². The average molecular weight is 538 g/mol. The molecule has 0 radical (unpaired) electrons. The topological polar surface area (TPSA) is 115 Å². The third-order valence-corrected chi connectivity index (χ3v) is 7.96. The number of likely N-dealkylation sites (tertiary alicyclic amines) is 1. The van der Waals surface area contributed by atoms with E-state index in [2.05, 4.69) is 5.32 Å². The number of methoxy groups -OCH3 is 1. The second-order valence-corrected chi connectivity index (χ2v) is 11.4. The zero-order valence-electron chi connectivity index (χ0n) is 21.9. The van der Waals surface area contributed by atoms with Crippen molar-refractivity contribution in [1.29, 1.82) is 0 Å². The van der Waals surface area contributed by atoms with Crippen LogP contribution in [-0.2, 0) is 19.4 Å². The molecule has 1 unspecified atom stereocenters. The largest absolute Gasteiger partial charge is 0.467 e.